The number of rotatable bonds is 4. The predicted octanol–water partition coefficient (Wildman–Crippen LogP) is -1.55. The van der Waals surface area contributed by atoms with E-state index in [1.807, 2.05) is 0 Å². The summed E-state index contributed by atoms with van der Waals surface area (Å²) in [6.45, 7) is -0.574. The summed E-state index contributed by atoms with van der Waals surface area (Å²) in [6.07, 6.45) is -1.42. The lowest BCUT2D eigenvalue weighted by Crippen LogP contribution is -2.23. The van der Waals surface area contributed by atoms with E-state index in [1.54, 1.807) is 0 Å². The number of methoxy groups -OCH3 is 1. The summed E-state index contributed by atoms with van der Waals surface area (Å²) in [4.78, 5) is 7.55. The van der Waals surface area contributed by atoms with Crippen molar-refractivity contribution < 1.29 is 20.1 Å². The highest BCUT2D eigenvalue weighted by Crippen LogP contribution is 2.20. The molecule has 0 spiro atoms. The van der Waals surface area contributed by atoms with Crippen LogP contribution in [0.1, 0.15) is 11.8 Å². The van der Waals surface area contributed by atoms with E-state index in [1.165, 1.54) is 13.3 Å². The topological polar surface area (TPSA) is 122 Å². The maximum absolute atomic E-state index is 9.49. The van der Waals surface area contributed by atoms with Gasteiger partial charge in [-0.1, -0.05) is 0 Å². The van der Waals surface area contributed by atoms with Gasteiger partial charge in [-0.25, -0.2) is 9.97 Å². The molecule has 0 aromatic carbocycles. The molecule has 1 rings (SSSR count). The molecule has 0 radical (unpaired) electrons. The maximum atomic E-state index is 9.49. The largest absolute Gasteiger partial charge is 0.478 e. The zero-order valence-corrected chi connectivity index (χ0v) is 8.16. The number of hydrogen-bond acceptors (Lipinski definition) is 7. The second-order valence-electron chi connectivity index (χ2n) is 2.88. The average Bonchev–Trinajstić information content (AvgIpc) is 2.27. The number of aromatic nitrogens is 2. The van der Waals surface area contributed by atoms with Crippen molar-refractivity contribution in [3.63, 3.8) is 0 Å². The molecule has 2 atom stereocenters. The van der Waals surface area contributed by atoms with Crippen molar-refractivity contribution in [1.29, 1.82) is 0 Å². The van der Waals surface area contributed by atoms with Crippen LogP contribution in [0.25, 0.3) is 0 Å². The summed E-state index contributed by atoms with van der Waals surface area (Å²) >= 11 is 0. The van der Waals surface area contributed by atoms with E-state index < -0.39 is 18.8 Å². The lowest BCUT2D eigenvalue weighted by molar-refractivity contribution is -0.0176. The molecule has 2 unspecified atom stereocenters. The first-order chi connectivity index (χ1) is 7.10. The summed E-state index contributed by atoms with van der Waals surface area (Å²) in [5.74, 6) is 0.156. The molecule has 0 aliphatic rings. The van der Waals surface area contributed by atoms with Gasteiger partial charge in [0.15, 0.2) is 5.82 Å². The minimum absolute atomic E-state index is 0.0664. The van der Waals surface area contributed by atoms with Crippen molar-refractivity contribution >= 4 is 5.82 Å². The molecule has 0 saturated carbocycles. The zero-order chi connectivity index (χ0) is 11.4. The van der Waals surface area contributed by atoms with Gasteiger partial charge in [0, 0.05) is 0 Å². The Labute approximate surface area is 86.2 Å². The van der Waals surface area contributed by atoms with Gasteiger partial charge >= 0.3 is 0 Å². The number of anilines is 1. The normalized spacial score (nSPS) is 14.7. The number of aliphatic hydroxyl groups excluding tert-OH is 3. The molecular weight excluding hydrogens is 202 g/mol. The van der Waals surface area contributed by atoms with Crippen LogP contribution in [-0.2, 0) is 0 Å². The van der Waals surface area contributed by atoms with Crippen molar-refractivity contribution in [2.24, 2.45) is 0 Å². The third kappa shape index (κ3) is 2.52. The Kier molecular flexibility index (Phi) is 3.78. The smallest absolute Gasteiger partial charge is 0.257 e. The molecular formula is C8H13N3O4. The molecule has 1 aromatic heterocycles. The summed E-state index contributed by atoms with van der Waals surface area (Å²) < 4.78 is 4.80. The van der Waals surface area contributed by atoms with Gasteiger partial charge in [-0.05, 0) is 0 Å². The van der Waals surface area contributed by atoms with Crippen LogP contribution in [0.5, 0.6) is 5.88 Å². The van der Waals surface area contributed by atoms with Crippen molar-refractivity contribution in [3.8, 4) is 5.88 Å². The van der Waals surface area contributed by atoms with Crippen LogP contribution in [0.4, 0.5) is 5.82 Å². The van der Waals surface area contributed by atoms with Crippen molar-refractivity contribution in [2.75, 3.05) is 19.5 Å². The Morgan fingerprint density at radius 1 is 1.53 bits per heavy atom. The van der Waals surface area contributed by atoms with Crippen LogP contribution in [0.15, 0.2) is 6.20 Å². The number of nitrogen functional groups attached to an aromatic ring is 1. The Morgan fingerprint density at radius 2 is 2.20 bits per heavy atom. The number of nitrogens with two attached hydrogens (primary N) is 1. The number of nitrogens with zero attached hydrogens (tertiary/aromatic N) is 2. The van der Waals surface area contributed by atoms with Crippen molar-refractivity contribution in [2.45, 2.75) is 12.2 Å². The van der Waals surface area contributed by atoms with Gasteiger partial charge in [0.1, 0.15) is 12.2 Å². The standard InChI is InChI=1S/C8H13N3O4/c1-15-8-7(9)10-2-4(11-8)6(14)5(13)3-12/h2,5-6,12-14H,3H2,1H3,(H2,9,10). The average molecular weight is 215 g/mol. The van der Waals surface area contributed by atoms with Crippen LogP contribution < -0.4 is 10.5 Å². The highest BCUT2D eigenvalue weighted by molar-refractivity contribution is 5.40. The van der Waals surface area contributed by atoms with E-state index >= 15 is 0 Å². The lowest BCUT2D eigenvalue weighted by Gasteiger charge is -2.15. The van der Waals surface area contributed by atoms with Gasteiger partial charge in [0.2, 0.25) is 0 Å². The van der Waals surface area contributed by atoms with Crippen molar-refractivity contribution in [1.82, 2.24) is 9.97 Å². The molecule has 7 heteroatoms. The quantitative estimate of drug-likeness (QED) is 0.479. The van der Waals surface area contributed by atoms with E-state index in [9.17, 15) is 10.2 Å². The Bertz CT molecular complexity index is 334. The van der Waals surface area contributed by atoms with Crippen LogP contribution in [-0.4, -0.2) is 45.1 Å². The maximum Gasteiger partial charge on any atom is 0.257 e. The molecule has 0 aliphatic heterocycles. The highest BCUT2D eigenvalue weighted by Gasteiger charge is 2.20. The first kappa shape index (κ1) is 11.6. The third-order valence-corrected chi connectivity index (χ3v) is 1.83. The summed E-state index contributed by atoms with van der Waals surface area (Å²) in [7, 11) is 1.36. The molecule has 15 heavy (non-hydrogen) atoms. The first-order valence-corrected chi connectivity index (χ1v) is 4.23. The summed E-state index contributed by atoms with van der Waals surface area (Å²) in [5.41, 5.74) is 5.50. The third-order valence-electron chi connectivity index (χ3n) is 1.83. The van der Waals surface area contributed by atoms with E-state index in [2.05, 4.69) is 9.97 Å². The number of ether oxygens (including phenoxy) is 1. The van der Waals surface area contributed by atoms with E-state index in [0.717, 1.165) is 0 Å². The molecule has 0 saturated heterocycles. The van der Waals surface area contributed by atoms with Gasteiger partial charge in [0.05, 0.1) is 25.6 Å². The zero-order valence-electron chi connectivity index (χ0n) is 8.16. The molecule has 0 amide bonds. The molecule has 84 valence electrons. The second kappa shape index (κ2) is 4.87. The highest BCUT2D eigenvalue weighted by atomic mass is 16.5. The van der Waals surface area contributed by atoms with Crippen LogP contribution in [0.3, 0.4) is 0 Å². The lowest BCUT2D eigenvalue weighted by atomic mass is 10.1. The second-order valence-corrected chi connectivity index (χ2v) is 2.88. The molecule has 0 fully saturated rings. The van der Waals surface area contributed by atoms with Crippen molar-refractivity contribution in [3.05, 3.63) is 11.9 Å². The molecule has 0 aliphatic carbocycles. The predicted molar refractivity (Wildman–Crippen MR) is 51.0 cm³/mol. The molecule has 7 nitrogen and oxygen atoms in total. The van der Waals surface area contributed by atoms with Gasteiger partial charge in [-0.15, -0.1) is 0 Å². The van der Waals surface area contributed by atoms with Gasteiger partial charge in [-0.3, -0.25) is 0 Å². The van der Waals surface area contributed by atoms with Gasteiger partial charge < -0.3 is 25.8 Å². The monoisotopic (exact) mass is 215 g/mol. The fourth-order valence-corrected chi connectivity index (χ4v) is 0.984. The van der Waals surface area contributed by atoms with E-state index in [0.29, 0.717) is 0 Å². The summed E-state index contributed by atoms with van der Waals surface area (Å²) in [6, 6.07) is 0. The molecule has 1 aromatic rings. The van der Waals surface area contributed by atoms with Crippen LogP contribution in [0.2, 0.25) is 0 Å². The summed E-state index contributed by atoms with van der Waals surface area (Å²) in [5, 5.41) is 27.3. The fraction of sp³-hybridized carbons (Fsp3) is 0.500. The fourth-order valence-electron chi connectivity index (χ4n) is 0.984. The van der Waals surface area contributed by atoms with Gasteiger partial charge in [-0.2, -0.15) is 0 Å². The van der Waals surface area contributed by atoms with E-state index in [-0.39, 0.29) is 17.4 Å². The number of hydrogen-bond donors (Lipinski definition) is 4. The van der Waals surface area contributed by atoms with Gasteiger partial charge in [0.25, 0.3) is 5.88 Å². The van der Waals surface area contributed by atoms with E-state index in [4.69, 9.17) is 15.6 Å². The minimum Gasteiger partial charge on any atom is -0.478 e. The molecule has 5 N–H and O–H groups in total. The van der Waals surface area contributed by atoms with Crippen LogP contribution in [0, 0.1) is 0 Å². The number of aliphatic hydroxyl groups is 3. The Morgan fingerprint density at radius 3 is 2.73 bits per heavy atom. The molecule has 1 heterocycles. The Balaban J connectivity index is 2.95. The van der Waals surface area contributed by atoms with Crippen LogP contribution >= 0.6 is 0 Å². The Hall–Kier alpha value is -1.44. The minimum atomic E-state index is -1.32. The molecule has 0 bridgehead atoms. The SMILES string of the molecule is COc1nc(C(O)C(O)CO)cnc1N. The first-order valence-electron chi connectivity index (χ1n) is 4.23.